The number of nitrogens with zero attached hydrogens (tertiary/aromatic N) is 1. The van der Waals surface area contributed by atoms with Crippen molar-refractivity contribution in [2.24, 2.45) is 0 Å². The van der Waals surface area contributed by atoms with Crippen LogP contribution in [0.4, 0.5) is 10.1 Å². The molecule has 0 saturated carbocycles. The Morgan fingerprint density at radius 1 is 1.44 bits per heavy atom. The zero-order valence-corrected chi connectivity index (χ0v) is 11.1. The molecule has 1 aliphatic heterocycles. The molecule has 1 fully saturated rings. The number of hydrogen-bond donors (Lipinski definition) is 1. The van der Waals surface area contributed by atoms with Gasteiger partial charge >= 0.3 is 0 Å². The van der Waals surface area contributed by atoms with Crippen LogP contribution < -0.4 is 10.2 Å². The number of nitrogens with one attached hydrogen (secondary N) is 1. The highest BCUT2D eigenvalue weighted by atomic mass is 19.1. The third kappa shape index (κ3) is 3.43. The lowest BCUT2D eigenvalue weighted by Crippen LogP contribution is -2.28. The molecule has 1 unspecified atom stereocenters. The molecule has 0 amide bonds. The number of anilines is 1. The van der Waals surface area contributed by atoms with Crippen LogP contribution in [0.2, 0.25) is 0 Å². The van der Waals surface area contributed by atoms with Crippen LogP contribution in [0, 0.1) is 5.82 Å². The van der Waals surface area contributed by atoms with Crippen molar-refractivity contribution < 1.29 is 9.13 Å². The highest BCUT2D eigenvalue weighted by Gasteiger charge is 2.18. The summed E-state index contributed by atoms with van der Waals surface area (Å²) < 4.78 is 19.1. The van der Waals surface area contributed by atoms with Crippen molar-refractivity contribution in [3.63, 3.8) is 0 Å². The first kappa shape index (κ1) is 13.3. The SMILES string of the molecule is CNCc1cc(F)cc(N(C)CC2CCCO2)c1. The van der Waals surface area contributed by atoms with Crippen LogP contribution in [-0.2, 0) is 11.3 Å². The van der Waals surface area contributed by atoms with Gasteiger partial charge in [0.1, 0.15) is 5.82 Å². The van der Waals surface area contributed by atoms with Crippen molar-refractivity contribution in [1.29, 1.82) is 0 Å². The molecule has 0 aromatic heterocycles. The second-order valence-electron chi connectivity index (χ2n) is 4.86. The van der Waals surface area contributed by atoms with E-state index in [1.165, 1.54) is 0 Å². The fourth-order valence-electron chi connectivity index (χ4n) is 2.36. The number of benzene rings is 1. The van der Waals surface area contributed by atoms with Gasteiger partial charge in [0.05, 0.1) is 6.10 Å². The van der Waals surface area contributed by atoms with Crippen molar-refractivity contribution in [1.82, 2.24) is 5.32 Å². The van der Waals surface area contributed by atoms with Crippen molar-refractivity contribution in [2.45, 2.75) is 25.5 Å². The first-order valence-electron chi connectivity index (χ1n) is 6.46. The maximum absolute atomic E-state index is 13.5. The van der Waals surface area contributed by atoms with Crippen LogP contribution in [-0.4, -0.2) is 33.4 Å². The lowest BCUT2D eigenvalue weighted by Gasteiger charge is -2.23. The molecule has 1 heterocycles. The Kier molecular flexibility index (Phi) is 4.55. The number of halogens is 1. The molecule has 0 aliphatic carbocycles. The summed E-state index contributed by atoms with van der Waals surface area (Å²) >= 11 is 0. The molecule has 0 spiro atoms. The summed E-state index contributed by atoms with van der Waals surface area (Å²) in [5, 5.41) is 3.04. The van der Waals surface area contributed by atoms with E-state index in [1.54, 1.807) is 12.1 Å². The fourth-order valence-corrected chi connectivity index (χ4v) is 2.36. The summed E-state index contributed by atoms with van der Waals surface area (Å²) in [7, 11) is 3.85. The smallest absolute Gasteiger partial charge is 0.125 e. The molecule has 1 aromatic rings. The molecule has 1 N–H and O–H groups in total. The number of likely N-dealkylation sites (N-methyl/N-ethyl adjacent to an activating group) is 1. The second-order valence-corrected chi connectivity index (χ2v) is 4.86. The van der Waals surface area contributed by atoms with Gasteiger partial charge in [-0.3, -0.25) is 0 Å². The third-order valence-electron chi connectivity index (χ3n) is 3.27. The predicted molar refractivity (Wildman–Crippen MR) is 71.4 cm³/mol. The zero-order valence-electron chi connectivity index (χ0n) is 11.1. The van der Waals surface area contributed by atoms with Crippen molar-refractivity contribution in [3.05, 3.63) is 29.6 Å². The van der Waals surface area contributed by atoms with Gasteiger partial charge in [-0.15, -0.1) is 0 Å². The molecule has 100 valence electrons. The van der Waals surface area contributed by atoms with E-state index in [0.29, 0.717) is 6.54 Å². The van der Waals surface area contributed by atoms with Crippen LogP contribution in [0.1, 0.15) is 18.4 Å². The summed E-state index contributed by atoms with van der Waals surface area (Å²) in [5.41, 5.74) is 1.88. The van der Waals surface area contributed by atoms with E-state index in [-0.39, 0.29) is 11.9 Å². The zero-order chi connectivity index (χ0) is 13.0. The molecule has 0 bridgehead atoms. The standard InChI is InChI=1S/C14H21FN2O/c1-16-9-11-6-12(15)8-13(7-11)17(2)10-14-4-3-5-18-14/h6-8,14,16H,3-5,9-10H2,1-2H3. The quantitative estimate of drug-likeness (QED) is 0.869. The first-order chi connectivity index (χ1) is 8.69. The average Bonchev–Trinajstić information content (AvgIpc) is 2.81. The second kappa shape index (κ2) is 6.16. The van der Waals surface area contributed by atoms with Gasteiger partial charge < -0.3 is 15.0 Å². The molecule has 1 aliphatic rings. The van der Waals surface area contributed by atoms with E-state index in [9.17, 15) is 4.39 Å². The molecular weight excluding hydrogens is 231 g/mol. The Labute approximate surface area is 108 Å². The van der Waals surface area contributed by atoms with E-state index in [1.807, 2.05) is 20.2 Å². The van der Waals surface area contributed by atoms with Gasteiger partial charge in [0.15, 0.2) is 0 Å². The highest BCUT2D eigenvalue weighted by Crippen LogP contribution is 2.20. The summed E-state index contributed by atoms with van der Waals surface area (Å²) in [5.74, 6) is -0.183. The van der Waals surface area contributed by atoms with Gasteiger partial charge in [0, 0.05) is 32.4 Å². The summed E-state index contributed by atoms with van der Waals surface area (Å²) in [6.45, 7) is 2.35. The van der Waals surface area contributed by atoms with Gasteiger partial charge in [-0.25, -0.2) is 4.39 Å². The minimum atomic E-state index is -0.183. The van der Waals surface area contributed by atoms with Gasteiger partial charge in [-0.2, -0.15) is 0 Å². The van der Waals surface area contributed by atoms with Gasteiger partial charge in [0.25, 0.3) is 0 Å². The number of ether oxygens (including phenoxy) is 1. The Morgan fingerprint density at radius 3 is 2.94 bits per heavy atom. The maximum Gasteiger partial charge on any atom is 0.125 e. The van der Waals surface area contributed by atoms with E-state index in [4.69, 9.17) is 4.74 Å². The van der Waals surface area contributed by atoms with E-state index in [2.05, 4.69) is 10.2 Å². The Balaban J connectivity index is 2.05. The van der Waals surface area contributed by atoms with Crippen molar-refractivity contribution in [3.8, 4) is 0 Å². The predicted octanol–water partition coefficient (Wildman–Crippen LogP) is 2.16. The topological polar surface area (TPSA) is 24.5 Å². The van der Waals surface area contributed by atoms with E-state index < -0.39 is 0 Å². The highest BCUT2D eigenvalue weighted by molar-refractivity contribution is 5.48. The van der Waals surface area contributed by atoms with Gasteiger partial charge in [0.2, 0.25) is 0 Å². The first-order valence-corrected chi connectivity index (χ1v) is 6.46. The molecule has 0 radical (unpaired) electrons. The molecule has 4 heteroatoms. The van der Waals surface area contributed by atoms with Crippen LogP contribution in [0.5, 0.6) is 0 Å². The van der Waals surface area contributed by atoms with Gasteiger partial charge in [-0.05, 0) is 43.7 Å². The summed E-state index contributed by atoms with van der Waals surface area (Å²) in [6.07, 6.45) is 2.52. The van der Waals surface area contributed by atoms with E-state index >= 15 is 0 Å². The van der Waals surface area contributed by atoms with E-state index in [0.717, 1.165) is 37.2 Å². The monoisotopic (exact) mass is 252 g/mol. The van der Waals surface area contributed by atoms with Gasteiger partial charge in [-0.1, -0.05) is 0 Å². The van der Waals surface area contributed by atoms with Crippen molar-refractivity contribution >= 4 is 5.69 Å². The fraction of sp³-hybridized carbons (Fsp3) is 0.571. The summed E-state index contributed by atoms with van der Waals surface area (Å²) in [6, 6.07) is 5.17. The van der Waals surface area contributed by atoms with Crippen LogP contribution in [0.25, 0.3) is 0 Å². The number of rotatable bonds is 5. The van der Waals surface area contributed by atoms with Crippen molar-refractivity contribution in [2.75, 3.05) is 32.1 Å². The Hall–Kier alpha value is -1.13. The normalized spacial score (nSPS) is 19.2. The maximum atomic E-state index is 13.5. The van der Waals surface area contributed by atoms with Crippen LogP contribution >= 0.6 is 0 Å². The molecular formula is C14H21FN2O. The third-order valence-corrected chi connectivity index (χ3v) is 3.27. The molecule has 1 saturated heterocycles. The number of hydrogen-bond acceptors (Lipinski definition) is 3. The lowest BCUT2D eigenvalue weighted by atomic mass is 10.1. The molecule has 3 nitrogen and oxygen atoms in total. The molecule has 2 rings (SSSR count). The molecule has 18 heavy (non-hydrogen) atoms. The average molecular weight is 252 g/mol. The Morgan fingerprint density at radius 2 is 2.28 bits per heavy atom. The molecule has 1 atom stereocenters. The molecule has 1 aromatic carbocycles. The Bertz CT molecular complexity index is 391. The summed E-state index contributed by atoms with van der Waals surface area (Å²) in [4.78, 5) is 2.07. The van der Waals surface area contributed by atoms with Crippen LogP contribution in [0.15, 0.2) is 18.2 Å². The largest absolute Gasteiger partial charge is 0.376 e. The minimum Gasteiger partial charge on any atom is -0.376 e. The minimum absolute atomic E-state index is 0.183. The lowest BCUT2D eigenvalue weighted by molar-refractivity contribution is 0.116. The van der Waals surface area contributed by atoms with Crippen LogP contribution in [0.3, 0.4) is 0 Å².